The van der Waals surface area contributed by atoms with E-state index in [1.807, 2.05) is 22.8 Å². The minimum Gasteiger partial charge on any atom is -0.475 e. The molecular weight excluding hydrogens is 533 g/mol. The maximum absolute atomic E-state index is 13.3. The molecule has 41 heavy (non-hydrogen) atoms. The number of carboxylic acids is 1. The molecular formula is C30H31F3N6O2. The van der Waals surface area contributed by atoms with Gasteiger partial charge in [-0.15, -0.1) is 0 Å². The lowest BCUT2D eigenvalue weighted by Crippen LogP contribution is -2.31. The van der Waals surface area contributed by atoms with Crippen molar-refractivity contribution in [3.63, 3.8) is 0 Å². The summed E-state index contributed by atoms with van der Waals surface area (Å²) in [6.07, 6.45) is 0.720. The summed E-state index contributed by atoms with van der Waals surface area (Å²) < 4.78 is 41.7. The summed E-state index contributed by atoms with van der Waals surface area (Å²) in [7, 11) is 0. The molecule has 2 N–H and O–H groups in total. The van der Waals surface area contributed by atoms with Crippen molar-refractivity contribution in [2.24, 2.45) is 5.92 Å². The minimum atomic E-state index is -4.43. The van der Waals surface area contributed by atoms with E-state index in [1.165, 1.54) is 12.1 Å². The Balaban J connectivity index is 1.50. The van der Waals surface area contributed by atoms with Crippen LogP contribution in [0.2, 0.25) is 0 Å². The van der Waals surface area contributed by atoms with Gasteiger partial charge in [0.05, 0.1) is 18.2 Å². The first-order chi connectivity index (χ1) is 19.7. The number of nitrogens with zero attached hydrogens (tertiary/aromatic N) is 5. The Bertz CT molecular complexity index is 1550. The van der Waals surface area contributed by atoms with Gasteiger partial charge in [-0.1, -0.05) is 48.9 Å². The van der Waals surface area contributed by atoms with Crippen molar-refractivity contribution in [3.8, 4) is 0 Å². The van der Waals surface area contributed by atoms with Crippen LogP contribution in [-0.4, -0.2) is 43.2 Å². The van der Waals surface area contributed by atoms with E-state index in [4.69, 9.17) is 4.98 Å². The summed E-state index contributed by atoms with van der Waals surface area (Å²) in [5.74, 6) is -0.212. The monoisotopic (exact) mass is 564 g/mol. The van der Waals surface area contributed by atoms with Crippen LogP contribution < -0.4 is 10.2 Å². The Kier molecular flexibility index (Phi) is 7.04. The number of benzene rings is 2. The molecule has 1 saturated carbocycles. The molecule has 0 bridgehead atoms. The molecule has 1 aliphatic carbocycles. The molecule has 11 heteroatoms. The van der Waals surface area contributed by atoms with Crippen LogP contribution in [0.1, 0.15) is 72.4 Å². The van der Waals surface area contributed by atoms with Crippen molar-refractivity contribution in [2.75, 3.05) is 16.8 Å². The minimum absolute atomic E-state index is 0.0385. The normalized spacial score (nSPS) is 18.4. The van der Waals surface area contributed by atoms with Gasteiger partial charge in [0.1, 0.15) is 5.52 Å². The molecule has 4 aromatic rings. The number of aromatic nitrogens is 4. The van der Waals surface area contributed by atoms with Crippen molar-refractivity contribution in [1.29, 1.82) is 0 Å². The molecule has 0 radical (unpaired) electrons. The van der Waals surface area contributed by atoms with E-state index >= 15 is 0 Å². The van der Waals surface area contributed by atoms with E-state index in [0.717, 1.165) is 56.3 Å². The molecule has 3 heterocycles. The van der Waals surface area contributed by atoms with E-state index in [2.05, 4.69) is 39.2 Å². The van der Waals surface area contributed by atoms with Crippen molar-refractivity contribution >= 4 is 28.9 Å². The summed E-state index contributed by atoms with van der Waals surface area (Å²) >= 11 is 0. The van der Waals surface area contributed by atoms with Gasteiger partial charge < -0.3 is 19.9 Å². The number of fused-ring (bicyclic) bond motifs is 1. The molecule has 1 saturated heterocycles. The number of nitrogens with one attached hydrogen (secondary N) is 1. The number of hydrogen-bond donors (Lipinski definition) is 2. The fraction of sp³-hybridized carbons (Fsp3) is 0.400. The highest BCUT2D eigenvalue weighted by molar-refractivity contribution is 5.92. The lowest BCUT2D eigenvalue weighted by molar-refractivity contribution is -0.137. The van der Waals surface area contributed by atoms with E-state index in [0.29, 0.717) is 28.8 Å². The fourth-order valence-corrected chi connectivity index (χ4v) is 5.87. The number of rotatable bonds is 8. The van der Waals surface area contributed by atoms with Gasteiger partial charge in [0.25, 0.3) is 0 Å². The highest BCUT2D eigenvalue weighted by atomic mass is 19.4. The zero-order chi connectivity index (χ0) is 28.7. The lowest BCUT2D eigenvalue weighted by Gasteiger charge is -2.32. The predicted molar refractivity (Wildman–Crippen MR) is 149 cm³/mol. The van der Waals surface area contributed by atoms with Gasteiger partial charge in [-0.25, -0.2) is 14.8 Å². The summed E-state index contributed by atoms with van der Waals surface area (Å²) in [6, 6.07) is 15.3. The van der Waals surface area contributed by atoms with Crippen molar-refractivity contribution < 1.29 is 23.1 Å². The maximum Gasteiger partial charge on any atom is 0.416 e. The number of halogens is 3. The van der Waals surface area contributed by atoms with Crippen molar-refractivity contribution in [2.45, 2.75) is 63.8 Å². The molecule has 1 aliphatic heterocycles. The molecule has 0 amide bonds. The first-order valence-electron chi connectivity index (χ1n) is 13.9. The van der Waals surface area contributed by atoms with Crippen LogP contribution >= 0.6 is 0 Å². The molecule has 2 aliphatic rings. The van der Waals surface area contributed by atoms with E-state index < -0.39 is 17.7 Å². The van der Waals surface area contributed by atoms with Gasteiger partial charge in [-0.3, -0.25) is 0 Å². The average molecular weight is 565 g/mol. The van der Waals surface area contributed by atoms with Crippen LogP contribution in [0, 0.1) is 5.92 Å². The predicted octanol–water partition coefficient (Wildman–Crippen LogP) is 6.53. The quantitative estimate of drug-likeness (QED) is 0.251. The van der Waals surface area contributed by atoms with Gasteiger partial charge in [-0.2, -0.15) is 18.2 Å². The number of alkyl halides is 3. The van der Waals surface area contributed by atoms with E-state index in [9.17, 15) is 23.1 Å². The Morgan fingerprint density at radius 2 is 1.76 bits per heavy atom. The summed E-state index contributed by atoms with van der Waals surface area (Å²) in [4.78, 5) is 27.7. The molecule has 0 spiro atoms. The molecule has 2 aromatic heterocycles. The number of carboxylic acid groups (broad SMARTS) is 1. The van der Waals surface area contributed by atoms with Crippen molar-refractivity contribution in [1.82, 2.24) is 19.5 Å². The second-order valence-electron chi connectivity index (χ2n) is 11.0. The fourth-order valence-electron chi connectivity index (χ4n) is 5.87. The van der Waals surface area contributed by atoms with Crippen LogP contribution in [-0.2, 0) is 12.7 Å². The molecule has 214 valence electrons. The summed E-state index contributed by atoms with van der Waals surface area (Å²) in [5, 5.41) is 13.2. The third kappa shape index (κ3) is 5.32. The zero-order valence-electron chi connectivity index (χ0n) is 22.6. The second-order valence-corrected chi connectivity index (χ2v) is 11.0. The SMILES string of the molecule is CC(Nc1nc(C(=O)O)nc2nc(N3CCCC3c3ccccc3)n(Cc3ccc(C(F)(F)F)cc3)c12)C1CCC1. The van der Waals surface area contributed by atoms with Crippen LogP contribution in [0.5, 0.6) is 0 Å². The molecule has 2 fully saturated rings. The van der Waals surface area contributed by atoms with Gasteiger partial charge in [0.2, 0.25) is 11.8 Å². The molecule has 2 unspecified atom stereocenters. The lowest BCUT2D eigenvalue weighted by atomic mass is 9.80. The average Bonchev–Trinajstić information content (AvgIpc) is 3.53. The molecule has 8 nitrogen and oxygen atoms in total. The van der Waals surface area contributed by atoms with E-state index in [-0.39, 0.29) is 30.1 Å². The topological polar surface area (TPSA) is 96.2 Å². The third-order valence-corrected chi connectivity index (χ3v) is 8.31. The largest absolute Gasteiger partial charge is 0.475 e. The number of imidazole rings is 1. The van der Waals surface area contributed by atoms with Crippen LogP contribution in [0.25, 0.3) is 11.2 Å². The number of hydrogen-bond acceptors (Lipinski definition) is 6. The Labute approximate surface area is 235 Å². The highest BCUT2D eigenvalue weighted by Crippen LogP contribution is 2.39. The molecule has 6 rings (SSSR count). The second kappa shape index (κ2) is 10.7. The van der Waals surface area contributed by atoms with Gasteiger partial charge >= 0.3 is 12.1 Å². The third-order valence-electron chi connectivity index (χ3n) is 8.31. The van der Waals surface area contributed by atoms with Crippen LogP contribution in [0.3, 0.4) is 0 Å². The molecule has 2 atom stereocenters. The van der Waals surface area contributed by atoms with Gasteiger partial charge in [0, 0.05) is 12.6 Å². The van der Waals surface area contributed by atoms with Crippen LogP contribution in [0.4, 0.5) is 24.9 Å². The standard InChI is InChI=1S/C30H31F3N6O2/c1-18(20-9-5-10-20)34-25-24-26(36-27(35-25)28(40)41)37-29(38-16-6-11-23(38)21-7-3-2-4-8-21)39(24)17-19-12-14-22(15-13-19)30(31,32)33/h2-4,7-8,12-15,18,20,23H,5-6,9-11,16-17H2,1H3,(H,40,41)(H,34,35,36). The number of aromatic carboxylic acids is 1. The van der Waals surface area contributed by atoms with Crippen LogP contribution in [0.15, 0.2) is 54.6 Å². The van der Waals surface area contributed by atoms with Gasteiger partial charge in [-0.05, 0) is 61.8 Å². The molecule has 2 aromatic carbocycles. The number of anilines is 2. The first kappa shape index (κ1) is 27.0. The smallest absolute Gasteiger partial charge is 0.416 e. The van der Waals surface area contributed by atoms with Gasteiger partial charge in [0.15, 0.2) is 11.5 Å². The maximum atomic E-state index is 13.3. The number of carbonyl (C=O) groups is 1. The highest BCUT2D eigenvalue weighted by Gasteiger charge is 2.33. The Morgan fingerprint density at radius 3 is 2.39 bits per heavy atom. The Morgan fingerprint density at radius 1 is 1.02 bits per heavy atom. The first-order valence-corrected chi connectivity index (χ1v) is 13.9. The summed E-state index contributed by atoms with van der Waals surface area (Å²) in [6.45, 7) is 2.99. The van der Waals surface area contributed by atoms with Crippen molar-refractivity contribution in [3.05, 3.63) is 77.1 Å². The van der Waals surface area contributed by atoms with E-state index in [1.54, 1.807) is 0 Å². The summed E-state index contributed by atoms with van der Waals surface area (Å²) in [5.41, 5.74) is 1.84. The Hall–Kier alpha value is -4.15. The zero-order valence-corrected chi connectivity index (χ0v) is 22.6.